The SMILES string of the molecule is Oc1ccc(C=NNc2c(Cl)cc(Cl)cc2Cl)c(O)c1. The molecule has 0 fully saturated rings. The molecule has 0 aromatic heterocycles. The van der Waals surface area contributed by atoms with E-state index < -0.39 is 0 Å². The van der Waals surface area contributed by atoms with Gasteiger partial charge in [0.15, 0.2) is 0 Å². The molecule has 0 amide bonds. The maximum Gasteiger partial charge on any atom is 0.128 e. The van der Waals surface area contributed by atoms with Gasteiger partial charge in [0.25, 0.3) is 0 Å². The molecule has 0 aliphatic rings. The van der Waals surface area contributed by atoms with Crippen LogP contribution in [-0.2, 0) is 0 Å². The molecule has 0 spiro atoms. The van der Waals surface area contributed by atoms with Gasteiger partial charge in [-0.1, -0.05) is 34.8 Å². The summed E-state index contributed by atoms with van der Waals surface area (Å²) in [6.45, 7) is 0. The molecule has 0 atom stereocenters. The largest absolute Gasteiger partial charge is 0.508 e. The lowest BCUT2D eigenvalue weighted by molar-refractivity contribution is 0.450. The van der Waals surface area contributed by atoms with E-state index in [4.69, 9.17) is 34.8 Å². The maximum atomic E-state index is 9.59. The van der Waals surface area contributed by atoms with Gasteiger partial charge in [0.05, 0.1) is 21.9 Å². The summed E-state index contributed by atoms with van der Waals surface area (Å²) in [6.07, 6.45) is 1.37. The second-order valence-electron chi connectivity index (χ2n) is 3.86. The van der Waals surface area contributed by atoms with Crippen LogP contribution in [0.15, 0.2) is 35.4 Å². The molecule has 2 aromatic carbocycles. The number of hydrogen-bond acceptors (Lipinski definition) is 4. The van der Waals surface area contributed by atoms with Crippen molar-refractivity contribution in [2.75, 3.05) is 5.43 Å². The molecule has 20 heavy (non-hydrogen) atoms. The van der Waals surface area contributed by atoms with E-state index in [9.17, 15) is 10.2 Å². The average molecular weight is 332 g/mol. The normalized spacial score (nSPS) is 10.9. The number of phenols is 2. The first kappa shape index (κ1) is 14.8. The van der Waals surface area contributed by atoms with Crippen LogP contribution < -0.4 is 5.43 Å². The average Bonchev–Trinajstić information content (AvgIpc) is 2.34. The first-order valence-corrected chi connectivity index (χ1v) is 6.56. The van der Waals surface area contributed by atoms with Gasteiger partial charge in [-0.25, -0.2) is 0 Å². The van der Waals surface area contributed by atoms with Crippen LogP contribution in [0, 0.1) is 0 Å². The highest BCUT2D eigenvalue weighted by Gasteiger charge is 2.06. The highest BCUT2D eigenvalue weighted by molar-refractivity contribution is 6.41. The molecule has 0 unspecified atom stereocenters. The third kappa shape index (κ3) is 3.48. The van der Waals surface area contributed by atoms with E-state index in [0.717, 1.165) is 0 Å². The molecule has 0 heterocycles. The van der Waals surface area contributed by atoms with E-state index in [1.54, 1.807) is 0 Å². The summed E-state index contributed by atoms with van der Waals surface area (Å²) >= 11 is 17.8. The fourth-order valence-corrected chi connectivity index (χ4v) is 2.36. The lowest BCUT2D eigenvalue weighted by Crippen LogP contribution is -1.93. The van der Waals surface area contributed by atoms with Crippen molar-refractivity contribution in [2.24, 2.45) is 5.10 Å². The highest BCUT2D eigenvalue weighted by Crippen LogP contribution is 2.33. The van der Waals surface area contributed by atoms with E-state index >= 15 is 0 Å². The summed E-state index contributed by atoms with van der Waals surface area (Å²) in [5.41, 5.74) is 3.51. The molecule has 104 valence electrons. The number of halogens is 3. The van der Waals surface area contributed by atoms with Crippen molar-refractivity contribution in [1.29, 1.82) is 0 Å². The quantitative estimate of drug-likeness (QED) is 0.573. The van der Waals surface area contributed by atoms with Gasteiger partial charge in [0.1, 0.15) is 11.5 Å². The zero-order valence-corrected chi connectivity index (χ0v) is 12.2. The molecule has 4 nitrogen and oxygen atoms in total. The van der Waals surface area contributed by atoms with E-state index in [-0.39, 0.29) is 11.5 Å². The molecule has 3 N–H and O–H groups in total. The van der Waals surface area contributed by atoms with Gasteiger partial charge in [-0.05, 0) is 24.3 Å². The predicted molar refractivity (Wildman–Crippen MR) is 82.5 cm³/mol. The number of aromatic hydroxyl groups is 2. The third-order valence-corrected chi connectivity index (χ3v) is 3.22. The third-order valence-electron chi connectivity index (χ3n) is 2.40. The van der Waals surface area contributed by atoms with Crippen molar-refractivity contribution >= 4 is 46.7 Å². The summed E-state index contributed by atoms with van der Waals surface area (Å²) in [5, 5.41) is 23.8. The van der Waals surface area contributed by atoms with Gasteiger partial charge in [0.2, 0.25) is 0 Å². The van der Waals surface area contributed by atoms with Crippen LogP contribution in [0.2, 0.25) is 15.1 Å². The van der Waals surface area contributed by atoms with Gasteiger partial charge < -0.3 is 10.2 Å². The zero-order chi connectivity index (χ0) is 14.7. The highest BCUT2D eigenvalue weighted by atomic mass is 35.5. The van der Waals surface area contributed by atoms with Crippen LogP contribution in [0.5, 0.6) is 11.5 Å². The lowest BCUT2D eigenvalue weighted by Gasteiger charge is -2.06. The Hall–Kier alpha value is -1.62. The van der Waals surface area contributed by atoms with Crippen LogP contribution in [0.25, 0.3) is 0 Å². The Morgan fingerprint density at radius 2 is 1.65 bits per heavy atom. The van der Waals surface area contributed by atoms with Gasteiger partial charge >= 0.3 is 0 Å². The van der Waals surface area contributed by atoms with Gasteiger partial charge in [-0.3, -0.25) is 5.43 Å². The van der Waals surface area contributed by atoms with E-state index in [1.165, 1.54) is 36.5 Å². The Morgan fingerprint density at radius 3 is 2.25 bits per heavy atom. The van der Waals surface area contributed by atoms with E-state index in [0.29, 0.717) is 26.3 Å². The number of hydrogen-bond donors (Lipinski definition) is 3. The topological polar surface area (TPSA) is 64.9 Å². The molecule has 0 saturated carbocycles. The van der Waals surface area contributed by atoms with Crippen LogP contribution in [0.4, 0.5) is 5.69 Å². The van der Waals surface area contributed by atoms with Crippen molar-refractivity contribution in [3.05, 3.63) is 51.0 Å². The molecule has 0 bridgehead atoms. The van der Waals surface area contributed by atoms with Crippen molar-refractivity contribution in [3.63, 3.8) is 0 Å². The monoisotopic (exact) mass is 330 g/mol. The molecular weight excluding hydrogens is 323 g/mol. The number of nitrogens with one attached hydrogen (secondary N) is 1. The van der Waals surface area contributed by atoms with Gasteiger partial charge in [-0.15, -0.1) is 0 Å². The Balaban J connectivity index is 2.18. The first-order valence-electron chi connectivity index (χ1n) is 5.43. The molecule has 7 heteroatoms. The minimum Gasteiger partial charge on any atom is -0.508 e. The van der Waals surface area contributed by atoms with Crippen molar-refractivity contribution in [3.8, 4) is 11.5 Å². The van der Waals surface area contributed by atoms with E-state index in [1.807, 2.05) is 0 Å². The minimum absolute atomic E-state index is 0.0311. The number of phenolic OH excluding ortho intramolecular Hbond substituents is 2. The maximum absolute atomic E-state index is 9.59. The Labute approximate surface area is 130 Å². The molecule has 0 saturated heterocycles. The number of anilines is 1. The first-order chi connectivity index (χ1) is 9.47. The lowest BCUT2D eigenvalue weighted by atomic mass is 10.2. The Bertz CT molecular complexity index is 652. The predicted octanol–water partition coefficient (Wildman–Crippen LogP) is 4.50. The zero-order valence-electron chi connectivity index (χ0n) is 9.94. The summed E-state index contributed by atoms with van der Waals surface area (Å²) < 4.78 is 0. The van der Waals surface area contributed by atoms with E-state index in [2.05, 4.69) is 10.5 Å². The number of nitrogens with zero attached hydrogens (tertiary/aromatic N) is 1. The van der Waals surface area contributed by atoms with Crippen molar-refractivity contribution < 1.29 is 10.2 Å². The van der Waals surface area contributed by atoms with Crippen LogP contribution in [-0.4, -0.2) is 16.4 Å². The fourth-order valence-electron chi connectivity index (χ4n) is 1.46. The summed E-state index contributed by atoms with van der Waals surface area (Å²) in [6, 6.07) is 7.23. The number of hydrazone groups is 1. The van der Waals surface area contributed by atoms with Gasteiger partial charge in [0, 0.05) is 16.7 Å². The standard InChI is InChI=1S/C13H9Cl3N2O2/c14-8-3-10(15)13(11(16)4-8)18-17-6-7-1-2-9(19)5-12(7)20/h1-6,18-20H. The Kier molecular flexibility index (Phi) is 4.60. The molecule has 0 radical (unpaired) electrons. The molecule has 2 rings (SSSR count). The fraction of sp³-hybridized carbons (Fsp3) is 0. The number of rotatable bonds is 3. The number of benzene rings is 2. The summed E-state index contributed by atoms with van der Waals surface area (Å²) in [5.74, 6) is -0.125. The molecule has 0 aliphatic heterocycles. The molecule has 0 aliphatic carbocycles. The molecule has 2 aromatic rings. The smallest absolute Gasteiger partial charge is 0.128 e. The summed E-state index contributed by atoms with van der Waals surface area (Å²) in [4.78, 5) is 0. The van der Waals surface area contributed by atoms with Gasteiger partial charge in [-0.2, -0.15) is 5.10 Å². The second kappa shape index (κ2) is 6.22. The summed E-state index contributed by atoms with van der Waals surface area (Å²) in [7, 11) is 0. The van der Waals surface area contributed by atoms with Crippen molar-refractivity contribution in [2.45, 2.75) is 0 Å². The van der Waals surface area contributed by atoms with Crippen molar-refractivity contribution in [1.82, 2.24) is 0 Å². The Morgan fingerprint density at radius 1 is 1.00 bits per heavy atom. The van der Waals surface area contributed by atoms with Crippen LogP contribution in [0.1, 0.15) is 5.56 Å². The second-order valence-corrected chi connectivity index (χ2v) is 5.11. The minimum atomic E-state index is -0.0937. The van der Waals surface area contributed by atoms with Crippen LogP contribution in [0.3, 0.4) is 0 Å². The van der Waals surface area contributed by atoms with Crippen LogP contribution >= 0.6 is 34.8 Å². The molecular formula is C13H9Cl3N2O2.